The van der Waals surface area contributed by atoms with Gasteiger partial charge in [0.1, 0.15) is 5.75 Å². The lowest BCUT2D eigenvalue weighted by molar-refractivity contribution is 0.414. The summed E-state index contributed by atoms with van der Waals surface area (Å²) >= 11 is 5.61. The third-order valence-electron chi connectivity index (χ3n) is 2.84. The Balaban J connectivity index is 2.69. The van der Waals surface area contributed by atoms with Gasteiger partial charge in [0.2, 0.25) is 0 Å². The van der Waals surface area contributed by atoms with E-state index in [9.17, 15) is 0 Å². The van der Waals surface area contributed by atoms with Gasteiger partial charge in [0.15, 0.2) is 0 Å². The predicted molar refractivity (Wildman–Crippen MR) is 89.5 cm³/mol. The Bertz CT molecular complexity index is 404. The average molecular weight is 346 g/mol. The summed E-state index contributed by atoms with van der Waals surface area (Å²) in [5, 5.41) is 3.41. The monoisotopic (exact) mass is 345 g/mol. The van der Waals surface area contributed by atoms with Gasteiger partial charge in [-0.3, -0.25) is 0 Å². The van der Waals surface area contributed by atoms with Gasteiger partial charge in [-0.1, -0.05) is 36.7 Å². The van der Waals surface area contributed by atoms with Crippen molar-refractivity contribution in [3.63, 3.8) is 0 Å². The van der Waals surface area contributed by atoms with Crippen LogP contribution in [0.1, 0.15) is 26.3 Å². The molecule has 19 heavy (non-hydrogen) atoms. The van der Waals surface area contributed by atoms with Crippen molar-refractivity contribution in [1.82, 2.24) is 5.32 Å². The minimum Gasteiger partial charge on any atom is -0.497 e. The first kappa shape index (κ1) is 16.9. The normalized spacial score (nSPS) is 13.4. The molecule has 1 aromatic carbocycles. The molecule has 1 N–H and O–H groups in total. The number of methoxy groups -OCH3 is 1. The Morgan fingerprint density at radius 2 is 2.05 bits per heavy atom. The number of thioether (sulfide) groups is 1. The van der Waals surface area contributed by atoms with E-state index >= 15 is 0 Å². The van der Waals surface area contributed by atoms with Crippen molar-refractivity contribution in [2.24, 2.45) is 0 Å². The van der Waals surface area contributed by atoms with Crippen molar-refractivity contribution in [1.29, 1.82) is 0 Å². The largest absolute Gasteiger partial charge is 0.497 e. The highest BCUT2D eigenvalue weighted by atomic mass is 79.9. The van der Waals surface area contributed by atoms with E-state index in [2.05, 4.69) is 54.2 Å². The summed E-state index contributed by atoms with van der Waals surface area (Å²) in [6, 6.07) is 6.60. The molecule has 0 aliphatic rings. The highest BCUT2D eigenvalue weighted by Crippen LogP contribution is 2.27. The van der Waals surface area contributed by atoms with Gasteiger partial charge < -0.3 is 10.1 Å². The van der Waals surface area contributed by atoms with E-state index in [1.165, 1.54) is 5.56 Å². The third kappa shape index (κ3) is 6.19. The highest BCUT2D eigenvalue weighted by Gasteiger charge is 2.16. The molecule has 2 nitrogen and oxygen atoms in total. The molecule has 0 aliphatic heterocycles. The van der Waals surface area contributed by atoms with Crippen molar-refractivity contribution >= 4 is 27.7 Å². The van der Waals surface area contributed by atoms with Crippen molar-refractivity contribution in [2.45, 2.75) is 38.0 Å². The fourth-order valence-corrected chi connectivity index (χ4v) is 3.09. The van der Waals surface area contributed by atoms with E-state index in [-0.39, 0.29) is 0 Å². The fourth-order valence-electron chi connectivity index (χ4n) is 1.69. The smallest absolute Gasteiger partial charge is 0.119 e. The van der Waals surface area contributed by atoms with Crippen LogP contribution in [0.25, 0.3) is 0 Å². The molecular formula is C15H24BrNOS. The number of likely N-dealkylation sites (N-methyl/N-ethyl adjacent to an activating group) is 1. The zero-order valence-electron chi connectivity index (χ0n) is 12.4. The zero-order chi connectivity index (χ0) is 14.5. The number of hydrogen-bond donors (Lipinski definition) is 1. The molecule has 0 saturated heterocycles. The maximum atomic E-state index is 5.29. The Kier molecular flexibility index (Phi) is 6.71. The quantitative estimate of drug-likeness (QED) is 0.837. The average Bonchev–Trinajstić information content (AvgIpc) is 2.35. The predicted octanol–water partition coefficient (Wildman–Crippen LogP) is 4.12. The molecule has 1 unspecified atom stereocenters. The summed E-state index contributed by atoms with van der Waals surface area (Å²) < 4.78 is 6.75. The molecule has 4 heteroatoms. The summed E-state index contributed by atoms with van der Waals surface area (Å²) in [6.07, 6.45) is 0.997. The molecule has 0 spiro atoms. The van der Waals surface area contributed by atoms with Crippen LogP contribution in [0.5, 0.6) is 5.75 Å². The van der Waals surface area contributed by atoms with E-state index < -0.39 is 0 Å². The van der Waals surface area contributed by atoms with Crippen LogP contribution in [0.15, 0.2) is 22.7 Å². The van der Waals surface area contributed by atoms with Gasteiger partial charge in [0.25, 0.3) is 0 Å². The molecule has 0 saturated carbocycles. The Morgan fingerprint density at radius 1 is 1.37 bits per heavy atom. The summed E-state index contributed by atoms with van der Waals surface area (Å²) in [6.45, 7) is 6.77. The van der Waals surface area contributed by atoms with Crippen molar-refractivity contribution in [3.8, 4) is 5.75 Å². The summed E-state index contributed by atoms with van der Waals surface area (Å²) in [4.78, 5) is 0. The first-order valence-electron chi connectivity index (χ1n) is 6.49. The van der Waals surface area contributed by atoms with Crippen LogP contribution in [-0.2, 0) is 6.42 Å². The van der Waals surface area contributed by atoms with Crippen molar-refractivity contribution in [3.05, 3.63) is 28.2 Å². The molecule has 0 bridgehead atoms. The Labute approximate surface area is 129 Å². The lowest BCUT2D eigenvalue weighted by atomic mass is 10.1. The molecule has 1 rings (SSSR count). The van der Waals surface area contributed by atoms with Gasteiger partial charge >= 0.3 is 0 Å². The number of halogens is 1. The third-order valence-corrected chi connectivity index (χ3v) is 5.05. The number of rotatable bonds is 6. The summed E-state index contributed by atoms with van der Waals surface area (Å²) in [7, 11) is 3.74. The van der Waals surface area contributed by atoms with Crippen LogP contribution in [0.2, 0.25) is 0 Å². The second-order valence-corrected chi connectivity index (χ2v) is 8.27. The Morgan fingerprint density at radius 3 is 2.58 bits per heavy atom. The number of hydrogen-bond acceptors (Lipinski definition) is 3. The van der Waals surface area contributed by atoms with Gasteiger partial charge in [-0.2, -0.15) is 11.8 Å². The van der Waals surface area contributed by atoms with Crippen LogP contribution in [0.3, 0.4) is 0 Å². The van der Waals surface area contributed by atoms with Crippen LogP contribution >= 0.6 is 27.7 Å². The molecule has 0 radical (unpaired) electrons. The highest BCUT2D eigenvalue weighted by molar-refractivity contribution is 9.10. The molecule has 108 valence electrons. The van der Waals surface area contributed by atoms with Crippen LogP contribution < -0.4 is 10.1 Å². The van der Waals surface area contributed by atoms with Crippen LogP contribution in [0, 0.1) is 0 Å². The summed E-state index contributed by atoms with van der Waals surface area (Å²) in [5.74, 6) is 2.01. The van der Waals surface area contributed by atoms with Gasteiger partial charge in [-0.15, -0.1) is 0 Å². The van der Waals surface area contributed by atoms with E-state index in [0.717, 1.165) is 22.4 Å². The second kappa shape index (κ2) is 7.55. The minimum absolute atomic E-state index is 0.306. The lowest BCUT2D eigenvalue weighted by Crippen LogP contribution is -2.31. The van der Waals surface area contributed by atoms with Gasteiger partial charge in [0.05, 0.1) is 7.11 Å². The first-order chi connectivity index (χ1) is 8.85. The van der Waals surface area contributed by atoms with Crippen molar-refractivity contribution in [2.75, 3.05) is 19.9 Å². The number of ether oxygens (including phenoxy) is 1. The van der Waals surface area contributed by atoms with E-state index in [0.29, 0.717) is 10.8 Å². The molecule has 0 heterocycles. The van der Waals surface area contributed by atoms with E-state index in [1.807, 2.05) is 24.9 Å². The molecule has 1 aromatic rings. The van der Waals surface area contributed by atoms with E-state index in [1.54, 1.807) is 7.11 Å². The maximum absolute atomic E-state index is 5.29. The molecule has 0 amide bonds. The fraction of sp³-hybridized carbons (Fsp3) is 0.600. The minimum atomic E-state index is 0.306. The van der Waals surface area contributed by atoms with Crippen LogP contribution in [0.4, 0.5) is 0 Å². The summed E-state index contributed by atoms with van der Waals surface area (Å²) in [5.41, 5.74) is 1.29. The first-order valence-corrected chi connectivity index (χ1v) is 8.27. The molecule has 0 aromatic heterocycles. The molecular weight excluding hydrogens is 322 g/mol. The van der Waals surface area contributed by atoms with Gasteiger partial charge in [0, 0.05) is 21.0 Å². The topological polar surface area (TPSA) is 21.3 Å². The Hall–Kier alpha value is -0.190. The second-order valence-electron chi connectivity index (χ2n) is 5.57. The number of nitrogens with one attached hydrogen (secondary N) is 1. The SMILES string of the molecule is CNC(CSC(C)(C)C)Cc1cc(OC)ccc1Br. The van der Waals surface area contributed by atoms with E-state index in [4.69, 9.17) is 4.74 Å². The van der Waals surface area contributed by atoms with Gasteiger partial charge in [-0.05, 0) is 37.2 Å². The zero-order valence-corrected chi connectivity index (χ0v) is 14.8. The van der Waals surface area contributed by atoms with Gasteiger partial charge in [-0.25, -0.2) is 0 Å². The molecule has 0 aliphatic carbocycles. The standard InChI is InChI=1S/C15H24BrNOS/c1-15(2,3)19-10-12(17-4)8-11-9-13(18-5)6-7-14(11)16/h6-7,9,12,17H,8,10H2,1-5H3. The molecule has 0 fully saturated rings. The number of benzene rings is 1. The maximum Gasteiger partial charge on any atom is 0.119 e. The molecule has 1 atom stereocenters. The van der Waals surface area contributed by atoms with Crippen molar-refractivity contribution < 1.29 is 4.74 Å². The lowest BCUT2D eigenvalue weighted by Gasteiger charge is -2.23. The van der Waals surface area contributed by atoms with Crippen LogP contribution in [-0.4, -0.2) is 30.7 Å².